The van der Waals surface area contributed by atoms with Gasteiger partial charge in [-0.15, -0.1) is 0 Å². The summed E-state index contributed by atoms with van der Waals surface area (Å²) in [5.41, 5.74) is 8.63. The van der Waals surface area contributed by atoms with E-state index in [2.05, 4.69) is 22.1 Å². The topological polar surface area (TPSA) is 51.8 Å². The van der Waals surface area contributed by atoms with Crippen LogP contribution in [0.1, 0.15) is 5.69 Å². The largest absolute Gasteiger partial charge is 0.325 e. The van der Waals surface area contributed by atoms with Gasteiger partial charge in [0.15, 0.2) is 0 Å². The van der Waals surface area contributed by atoms with E-state index in [1.165, 1.54) is 0 Å². The van der Waals surface area contributed by atoms with E-state index in [-0.39, 0.29) is 0 Å². The minimum absolute atomic E-state index is 0.447. The Morgan fingerprint density at radius 2 is 1.67 bits per heavy atom. The van der Waals surface area contributed by atoms with E-state index in [9.17, 15) is 0 Å². The lowest BCUT2D eigenvalue weighted by atomic mass is 10.0. The highest BCUT2D eigenvalue weighted by atomic mass is 14.7. The van der Waals surface area contributed by atoms with Gasteiger partial charge in [-0.25, -0.2) is 0 Å². The van der Waals surface area contributed by atoms with E-state index in [0.29, 0.717) is 6.54 Å². The molecular weight excluding hydrogens is 222 g/mol. The molecule has 0 aliphatic carbocycles. The van der Waals surface area contributed by atoms with Crippen LogP contribution in [0, 0.1) is 0 Å². The van der Waals surface area contributed by atoms with Gasteiger partial charge in [0.25, 0.3) is 0 Å². The van der Waals surface area contributed by atoms with Crippen molar-refractivity contribution in [1.82, 2.24) is 9.97 Å². The van der Waals surface area contributed by atoms with E-state index in [1.807, 2.05) is 36.5 Å². The van der Waals surface area contributed by atoms with Gasteiger partial charge in [0.05, 0.1) is 11.4 Å². The molecule has 3 nitrogen and oxygen atoms in total. The van der Waals surface area contributed by atoms with Gasteiger partial charge in [0.2, 0.25) is 0 Å². The molecule has 0 saturated heterocycles. The van der Waals surface area contributed by atoms with Crippen LogP contribution in [-0.4, -0.2) is 9.97 Å². The normalized spacial score (nSPS) is 10.7. The second-order valence-corrected chi connectivity index (χ2v) is 4.08. The molecule has 0 atom stereocenters. The Morgan fingerprint density at radius 3 is 2.39 bits per heavy atom. The molecule has 88 valence electrons. The molecule has 3 aromatic rings. The SMILES string of the molecule is NCc1ncc(-c2ccccn2)c2ccccc12. The fourth-order valence-corrected chi connectivity index (χ4v) is 2.14. The Balaban J connectivity index is 2.32. The summed E-state index contributed by atoms with van der Waals surface area (Å²) in [5.74, 6) is 0. The predicted octanol–water partition coefficient (Wildman–Crippen LogP) is 2.76. The fraction of sp³-hybridized carbons (Fsp3) is 0.0667. The number of nitrogens with zero attached hydrogens (tertiary/aromatic N) is 2. The zero-order chi connectivity index (χ0) is 12.4. The number of hydrogen-bond acceptors (Lipinski definition) is 3. The Morgan fingerprint density at radius 1 is 0.889 bits per heavy atom. The molecule has 2 heterocycles. The van der Waals surface area contributed by atoms with Crippen LogP contribution in [0.15, 0.2) is 54.9 Å². The highest BCUT2D eigenvalue weighted by molar-refractivity contribution is 5.96. The molecular formula is C15H13N3. The zero-order valence-electron chi connectivity index (χ0n) is 9.88. The molecule has 3 heteroatoms. The fourth-order valence-electron chi connectivity index (χ4n) is 2.14. The van der Waals surface area contributed by atoms with Crippen LogP contribution in [0.3, 0.4) is 0 Å². The molecule has 2 aromatic heterocycles. The van der Waals surface area contributed by atoms with Gasteiger partial charge in [-0.2, -0.15) is 0 Å². The van der Waals surface area contributed by atoms with Crippen LogP contribution in [0.25, 0.3) is 22.0 Å². The zero-order valence-corrected chi connectivity index (χ0v) is 9.88. The van der Waals surface area contributed by atoms with Crippen LogP contribution in [-0.2, 0) is 6.54 Å². The number of hydrogen-bond donors (Lipinski definition) is 1. The molecule has 0 aliphatic heterocycles. The van der Waals surface area contributed by atoms with Crippen LogP contribution in [0.4, 0.5) is 0 Å². The number of nitrogens with two attached hydrogens (primary N) is 1. The minimum atomic E-state index is 0.447. The second-order valence-electron chi connectivity index (χ2n) is 4.08. The maximum absolute atomic E-state index is 5.73. The summed E-state index contributed by atoms with van der Waals surface area (Å²) in [6, 6.07) is 14.0. The minimum Gasteiger partial charge on any atom is -0.325 e. The van der Waals surface area contributed by atoms with Gasteiger partial charge in [0.1, 0.15) is 0 Å². The Bertz CT molecular complexity index is 678. The van der Waals surface area contributed by atoms with Crippen molar-refractivity contribution in [2.45, 2.75) is 6.54 Å². The van der Waals surface area contributed by atoms with Crippen molar-refractivity contribution < 1.29 is 0 Å². The highest BCUT2D eigenvalue weighted by Crippen LogP contribution is 2.27. The summed E-state index contributed by atoms with van der Waals surface area (Å²) in [6.07, 6.45) is 3.65. The monoisotopic (exact) mass is 235 g/mol. The maximum atomic E-state index is 5.73. The van der Waals surface area contributed by atoms with Crippen molar-refractivity contribution in [3.63, 3.8) is 0 Å². The van der Waals surface area contributed by atoms with Gasteiger partial charge in [-0.1, -0.05) is 30.3 Å². The molecule has 0 fully saturated rings. The van der Waals surface area contributed by atoms with Crippen molar-refractivity contribution >= 4 is 10.8 Å². The first-order valence-corrected chi connectivity index (χ1v) is 5.88. The third-order valence-corrected chi connectivity index (χ3v) is 3.01. The third-order valence-electron chi connectivity index (χ3n) is 3.01. The molecule has 0 radical (unpaired) electrons. The number of benzene rings is 1. The molecule has 3 rings (SSSR count). The molecule has 2 N–H and O–H groups in total. The second kappa shape index (κ2) is 4.55. The predicted molar refractivity (Wildman–Crippen MR) is 72.9 cm³/mol. The summed E-state index contributed by atoms with van der Waals surface area (Å²) in [4.78, 5) is 8.82. The number of fused-ring (bicyclic) bond motifs is 1. The van der Waals surface area contributed by atoms with E-state index in [4.69, 9.17) is 5.73 Å². The lowest BCUT2D eigenvalue weighted by Crippen LogP contribution is -2.01. The van der Waals surface area contributed by atoms with Crippen molar-refractivity contribution in [2.24, 2.45) is 5.73 Å². The average molecular weight is 235 g/mol. The molecule has 0 bridgehead atoms. The highest BCUT2D eigenvalue weighted by Gasteiger charge is 2.08. The van der Waals surface area contributed by atoms with Gasteiger partial charge in [-0.3, -0.25) is 9.97 Å². The van der Waals surface area contributed by atoms with Crippen molar-refractivity contribution in [1.29, 1.82) is 0 Å². The van der Waals surface area contributed by atoms with Crippen LogP contribution >= 0.6 is 0 Å². The lowest BCUT2D eigenvalue weighted by Gasteiger charge is -2.08. The van der Waals surface area contributed by atoms with Crippen LogP contribution < -0.4 is 5.73 Å². The molecule has 0 saturated carbocycles. The summed E-state index contributed by atoms with van der Waals surface area (Å²) in [6.45, 7) is 0.447. The Kier molecular flexibility index (Phi) is 2.74. The van der Waals surface area contributed by atoms with E-state index < -0.39 is 0 Å². The van der Waals surface area contributed by atoms with E-state index >= 15 is 0 Å². The molecule has 1 aromatic carbocycles. The number of rotatable bonds is 2. The first-order valence-electron chi connectivity index (χ1n) is 5.88. The molecule has 0 amide bonds. The Labute approximate surface area is 105 Å². The lowest BCUT2D eigenvalue weighted by molar-refractivity contribution is 1.01. The molecule has 0 unspecified atom stereocenters. The first kappa shape index (κ1) is 10.9. The average Bonchev–Trinajstić information content (AvgIpc) is 2.47. The van der Waals surface area contributed by atoms with E-state index in [1.54, 1.807) is 6.20 Å². The summed E-state index contributed by atoms with van der Waals surface area (Å²) >= 11 is 0. The smallest absolute Gasteiger partial charge is 0.0723 e. The van der Waals surface area contributed by atoms with Gasteiger partial charge in [-0.05, 0) is 17.5 Å². The van der Waals surface area contributed by atoms with Crippen molar-refractivity contribution in [3.05, 3.63) is 60.6 Å². The Hall–Kier alpha value is -2.26. The van der Waals surface area contributed by atoms with Crippen LogP contribution in [0.5, 0.6) is 0 Å². The van der Waals surface area contributed by atoms with Crippen LogP contribution in [0.2, 0.25) is 0 Å². The number of aromatic nitrogens is 2. The van der Waals surface area contributed by atoms with Crippen molar-refractivity contribution in [3.8, 4) is 11.3 Å². The summed E-state index contributed by atoms with van der Waals surface area (Å²) in [7, 11) is 0. The van der Waals surface area contributed by atoms with Gasteiger partial charge < -0.3 is 5.73 Å². The summed E-state index contributed by atoms with van der Waals surface area (Å²) < 4.78 is 0. The van der Waals surface area contributed by atoms with Gasteiger partial charge in [0, 0.05) is 29.9 Å². The molecule has 0 aliphatic rings. The molecule has 0 spiro atoms. The summed E-state index contributed by atoms with van der Waals surface area (Å²) in [5, 5.41) is 2.25. The van der Waals surface area contributed by atoms with E-state index in [0.717, 1.165) is 27.7 Å². The quantitative estimate of drug-likeness (QED) is 0.743. The molecule has 18 heavy (non-hydrogen) atoms. The maximum Gasteiger partial charge on any atom is 0.0723 e. The van der Waals surface area contributed by atoms with Gasteiger partial charge >= 0.3 is 0 Å². The standard InChI is InChI=1S/C15H13N3/c16-9-15-12-6-2-1-5-11(12)13(10-18-15)14-7-3-4-8-17-14/h1-8,10H,9,16H2. The van der Waals surface area contributed by atoms with Crippen molar-refractivity contribution in [2.75, 3.05) is 0 Å². The number of pyridine rings is 2. The third kappa shape index (κ3) is 1.75. The first-order chi connectivity index (χ1) is 8.90.